The number of hydrogen-bond acceptors (Lipinski definition) is 5. The van der Waals surface area contributed by atoms with Gasteiger partial charge in [-0.1, -0.05) is 13.8 Å². The first-order valence-corrected chi connectivity index (χ1v) is 7.11. The van der Waals surface area contributed by atoms with Crippen LogP contribution in [0.15, 0.2) is 21.9 Å². The second-order valence-electron chi connectivity index (χ2n) is 6.36. The summed E-state index contributed by atoms with van der Waals surface area (Å²) < 4.78 is 7.98. The van der Waals surface area contributed by atoms with Gasteiger partial charge in [0.25, 0.3) is 5.56 Å². The molecule has 1 spiro atoms. The van der Waals surface area contributed by atoms with E-state index in [9.17, 15) is 19.8 Å². The van der Waals surface area contributed by atoms with Gasteiger partial charge in [0.1, 0.15) is 17.8 Å². The van der Waals surface area contributed by atoms with E-state index in [2.05, 4.69) is 0 Å². The van der Waals surface area contributed by atoms with Crippen LogP contribution in [0.3, 0.4) is 0 Å². The van der Waals surface area contributed by atoms with Gasteiger partial charge in [0.15, 0.2) is 6.23 Å². The van der Waals surface area contributed by atoms with E-state index in [1.807, 2.05) is 13.8 Å². The fraction of sp³-hybridized carbons (Fsp3) is 0.714. The summed E-state index contributed by atoms with van der Waals surface area (Å²) in [6.45, 7) is 4.07. The first-order valence-electron chi connectivity index (χ1n) is 7.11. The summed E-state index contributed by atoms with van der Waals surface area (Å²) >= 11 is 0. The molecule has 7 nitrogen and oxygen atoms in total. The Labute approximate surface area is 121 Å². The first-order chi connectivity index (χ1) is 9.79. The highest BCUT2D eigenvalue weighted by Crippen LogP contribution is 2.59. The molecule has 2 aliphatic rings. The summed E-state index contributed by atoms with van der Waals surface area (Å²) in [5.74, 6) is 0.484. The van der Waals surface area contributed by atoms with E-state index in [1.165, 1.54) is 23.9 Å². The van der Waals surface area contributed by atoms with Crippen LogP contribution in [-0.2, 0) is 11.8 Å². The van der Waals surface area contributed by atoms with E-state index in [0.717, 1.165) is 4.57 Å². The Bertz CT molecular complexity index is 679. The molecule has 2 fully saturated rings. The molecule has 0 aromatic carbocycles. The zero-order valence-electron chi connectivity index (χ0n) is 12.3. The maximum Gasteiger partial charge on any atom is 0.332 e. The molecular weight excluding hydrogens is 276 g/mol. The van der Waals surface area contributed by atoms with Crippen molar-refractivity contribution in [1.82, 2.24) is 9.13 Å². The second-order valence-corrected chi connectivity index (χ2v) is 6.36. The molecule has 0 radical (unpaired) electrons. The minimum Gasteiger partial charge on any atom is -0.387 e. The Hall–Kier alpha value is -1.44. The fourth-order valence-electron chi connectivity index (χ4n) is 3.37. The van der Waals surface area contributed by atoms with Crippen molar-refractivity contribution in [3.8, 4) is 0 Å². The van der Waals surface area contributed by atoms with Crippen molar-refractivity contribution in [3.05, 3.63) is 33.1 Å². The lowest BCUT2D eigenvalue weighted by molar-refractivity contribution is -0.0604. The van der Waals surface area contributed by atoms with Crippen molar-refractivity contribution in [1.29, 1.82) is 0 Å². The zero-order valence-corrected chi connectivity index (χ0v) is 12.3. The number of hydrogen-bond donors (Lipinski definition) is 2. The maximum absolute atomic E-state index is 12.1. The Morgan fingerprint density at radius 2 is 2.05 bits per heavy atom. The molecule has 116 valence electrons. The van der Waals surface area contributed by atoms with Crippen molar-refractivity contribution in [3.63, 3.8) is 0 Å². The lowest BCUT2D eigenvalue weighted by Crippen LogP contribution is -2.41. The lowest BCUT2D eigenvalue weighted by atomic mass is 10.0. The predicted octanol–water partition coefficient (Wildman–Crippen LogP) is -0.788. The lowest BCUT2D eigenvalue weighted by Gasteiger charge is -2.18. The number of nitrogens with zero attached hydrogens (tertiary/aromatic N) is 2. The molecule has 2 N–H and O–H groups in total. The molecule has 1 aromatic rings. The molecule has 5 atom stereocenters. The van der Waals surface area contributed by atoms with Crippen LogP contribution in [0.1, 0.15) is 26.5 Å². The number of ether oxygens (including phenoxy) is 1. The minimum absolute atomic E-state index is 0.162. The predicted molar refractivity (Wildman–Crippen MR) is 73.8 cm³/mol. The third-order valence-corrected chi connectivity index (χ3v) is 4.76. The van der Waals surface area contributed by atoms with Gasteiger partial charge in [-0.3, -0.25) is 13.9 Å². The molecule has 1 aliphatic heterocycles. The normalized spacial score (nSPS) is 38.4. The van der Waals surface area contributed by atoms with Crippen molar-refractivity contribution < 1.29 is 14.9 Å². The molecule has 1 saturated heterocycles. The monoisotopic (exact) mass is 296 g/mol. The fourth-order valence-corrected chi connectivity index (χ4v) is 3.37. The van der Waals surface area contributed by atoms with Gasteiger partial charge < -0.3 is 14.9 Å². The van der Waals surface area contributed by atoms with Gasteiger partial charge in [-0.15, -0.1) is 0 Å². The van der Waals surface area contributed by atoms with Gasteiger partial charge in [-0.2, -0.15) is 0 Å². The first kappa shape index (κ1) is 14.5. The van der Waals surface area contributed by atoms with Gasteiger partial charge in [-0.25, -0.2) is 4.79 Å². The van der Waals surface area contributed by atoms with Crippen molar-refractivity contribution in [2.45, 2.75) is 44.3 Å². The molecule has 3 unspecified atom stereocenters. The molecule has 1 aromatic heterocycles. The minimum atomic E-state index is -1.19. The van der Waals surface area contributed by atoms with Gasteiger partial charge in [0, 0.05) is 19.3 Å². The average molecular weight is 296 g/mol. The van der Waals surface area contributed by atoms with Crippen LogP contribution in [0.4, 0.5) is 0 Å². The SMILES string of the molecule is CC(C)C1CC12OC(n1ccc(=O)n(C)c1=O)[C@H](O)[C@@H]2O. The molecular formula is C14H20N2O5. The maximum atomic E-state index is 12.1. The average Bonchev–Trinajstić information content (AvgIpc) is 3.12. The van der Waals surface area contributed by atoms with Crippen molar-refractivity contribution in [2.24, 2.45) is 18.9 Å². The highest BCUT2D eigenvalue weighted by atomic mass is 16.6. The van der Waals surface area contributed by atoms with Crippen LogP contribution >= 0.6 is 0 Å². The summed E-state index contributed by atoms with van der Waals surface area (Å²) in [5, 5.41) is 20.5. The third kappa shape index (κ3) is 1.91. The number of aliphatic hydroxyl groups excluding tert-OH is 2. The van der Waals surface area contributed by atoms with Crippen LogP contribution < -0.4 is 11.2 Å². The van der Waals surface area contributed by atoms with Crippen LogP contribution in [-0.4, -0.2) is 37.2 Å². The van der Waals surface area contributed by atoms with Crippen LogP contribution in [0.25, 0.3) is 0 Å². The van der Waals surface area contributed by atoms with Gasteiger partial charge in [-0.05, 0) is 18.3 Å². The number of aromatic nitrogens is 2. The zero-order chi connectivity index (χ0) is 15.5. The molecule has 1 aliphatic carbocycles. The molecule has 2 heterocycles. The van der Waals surface area contributed by atoms with Gasteiger partial charge in [0.05, 0.1) is 0 Å². The highest BCUT2D eigenvalue weighted by Gasteiger charge is 2.69. The Morgan fingerprint density at radius 3 is 2.62 bits per heavy atom. The van der Waals surface area contributed by atoms with Gasteiger partial charge in [0.2, 0.25) is 0 Å². The van der Waals surface area contributed by atoms with E-state index in [1.54, 1.807) is 0 Å². The Morgan fingerprint density at radius 1 is 1.38 bits per heavy atom. The molecule has 1 saturated carbocycles. The summed E-state index contributed by atoms with van der Waals surface area (Å²) in [6.07, 6.45) is -1.22. The van der Waals surface area contributed by atoms with E-state index >= 15 is 0 Å². The summed E-state index contributed by atoms with van der Waals surface area (Å²) in [6, 6.07) is 1.24. The smallest absolute Gasteiger partial charge is 0.332 e. The third-order valence-electron chi connectivity index (χ3n) is 4.76. The molecule has 7 heteroatoms. The summed E-state index contributed by atoms with van der Waals surface area (Å²) in [4.78, 5) is 23.6. The van der Waals surface area contributed by atoms with Crippen LogP contribution in [0.5, 0.6) is 0 Å². The summed E-state index contributed by atoms with van der Waals surface area (Å²) in [7, 11) is 1.36. The molecule has 21 heavy (non-hydrogen) atoms. The Kier molecular flexibility index (Phi) is 3.12. The highest BCUT2D eigenvalue weighted by molar-refractivity contribution is 5.17. The molecule has 0 amide bonds. The van der Waals surface area contributed by atoms with E-state index in [0.29, 0.717) is 12.3 Å². The number of aliphatic hydroxyl groups is 2. The molecule has 3 rings (SSSR count). The second kappa shape index (κ2) is 4.53. The van der Waals surface area contributed by atoms with E-state index < -0.39 is 35.3 Å². The van der Waals surface area contributed by atoms with Crippen LogP contribution in [0.2, 0.25) is 0 Å². The van der Waals surface area contributed by atoms with Crippen molar-refractivity contribution in [2.75, 3.05) is 0 Å². The standard InChI is InChI=1S/C14H20N2O5/c1-7(2)8-6-14(8)11(19)10(18)12(21-14)16-5-4-9(17)15(3)13(16)20/h4-5,7-8,10-12,18-19H,6H2,1-3H3/t8?,10-,11+,12?,14?/m1/s1. The van der Waals surface area contributed by atoms with Crippen molar-refractivity contribution >= 4 is 0 Å². The number of rotatable bonds is 2. The topological polar surface area (TPSA) is 93.7 Å². The van der Waals surface area contributed by atoms with E-state index in [-0.39, 0.29) is 5.92 Å². The Balaban J connectivity index is 1.97. The van der Waals surface area contributed by atoms with E-state index in [4.69, 9.17) is 4.74 Å². The molecule has 0 bridgehead atoms. The quantitative estimate of drug-likeness (QED) is 0.746. The largest absolute Gasteiger partial charge is 0.387 e. The summed E-state index contributed by atoms with van der Waals surface area (Å²) in [5.41, 5.74) is -1.77. The van der Waals surface area contributed by atoms with Gasteiger partial charge >= 0.3 is 5.69 Å². The van der Waals surface area contributed by atoms with Crippen LogP contribution in [0, 0.1) is 11.8 Å².